The molecule has 0 atom stereocenters. The molecular weight excluding hydrogens is 544 g/mol. The van der Waals surface area contributed by atoms with E-state index >= 15 is 0 Å². The highest BCUT2D eigenvalue weighted by atomic mass is 79.9. The van der Waals surface area contributed by atoms with Crippen molar-refractivity contribution in [1.82, 2.24) is 4.98 Å². The molecule has 8 nitrogen and oxygen atoms in total. The molecule has 34 heavy (non-hydrogen) atoms. The Kier molecular flexibility index (Phi) is 7.44. The second-order valence-corrected chi connectivity index (χ2v) is 10.6. The fourth-order valence-corrected chi connectivity index (χ4v) is 5.51. The second kappa shape index (κ2) is 10.5. The van der Waals surface area contributed by atoms with Gasteiger partial charge < -0.3 is 18.9 Å². The van der Waals surface area contributed by atoms with E-state index in [1.54, 1.807) is 48.5 Å². The SMILES string of the molecule is CCOc1ccc(NC(=O)CSc2oc(-c3ccco3)nc2S(=O)(=O)c2ccc(Br)cc2)cc1. The van der Waals surface area contributed by atoms with Crippen molar-refractivity contribution in [1.29, 1.82) is 0 Å². The molecule has 2 aromatic heterocycles. The summed E-state index contributed by atoms with van der Waals surface area (Å²) in [5.41, 5.74) is 0.589. The van der Waals surface area contributed by atoms with Gasteiger partial charge in [-0.1, -0.05) is 27.7 Å². The molecule has 176 valence electrons. The lowest BCUT2D eigenvalue weighted by Crippen LogP contribution is -2.14. The maximum Gasteiger partial charge on any atom is 0.265 e. The standard InChI is InChI=1S/C23H19BrN2O6S2/c1-2-30-17-9-7-16(8-10-17)25-20(27)14-33-23-22(26-21(32-23)19-4-3-13-31-19)34(28,29)18-11-5-15(24)6-12-18/h3-13H,2,14H2,1H3,(H,25,27). The van der Waals surface area contributed by atoms with Crippen molar-refractivity contribution < 1.29 is 26.8 Å². The number of ether oxygens (including phenoxy) is 1. The molecule has 0 spiro atoms. The molecule has 0 aliphatic carbocycles. The molecule has 1 amide bonds. The van der Waals surface area contributed by atoms with E-state index in [0.717, 1.165) is 16.2 Å². The van der Waals surface area contributed by atoms with Crippen LogP contribution in [0, 0.1) is 0 Å². The molecule has 0 unspecified atom stereocenters. The summed E-state index contributed by atoms with van der Waals surface area (Å²) >= 11 is 4.23. The Balaban J connectivity index is 1.55. The zero-order chi connectivity index (χ0) is 24.1. The third-order valence-corrected chi connectivity index (χ3v) is 7.74. The summed E-state index contributed by atoms with van der Waals surface area (Å²) in [6.45, 7) is 2.43. The number of halogens is 1. The van der Waals surface area contributed by atoms with E-state index < -0.39 is 9.84 Å². The number of hydrogen-bond donors (Lipinski definition) is 1. The van der Waals surface area contributed by atoms with Gasteiger partial charge >= 0.3 is 0 Å². The number of benzene rings is 2. The normalized spacial score (nSPS) is 11.4. The largest absolute Gasteiger partial charge is 0.494 e. The smallest absolute Gasteiger partial charge is 0.265 e. The minimum atomic E-state index is -4.01. The minimum Gasteiger partial charge on any atom is -0.494 e. The number of furan rings is 1. The molecule has 4 aromatic rings. The quantitative estimate of drug-likeness (QED) is 0.260. The van der Waals surface area contributed by atoms with Gasteiger partial charge in [0.05, 0.1) is 23.5 Å². The highest BCUT2D eigenvalue weighted by molar-refractivity contribution is 9.10. The topological polar surface area (TPSA) is 112 Å². The lowest BCUT2D eigenvalue weighted by atomic mass is 10.3. The van der Waals surface area contributed by atoms with Gasteiger partial charge in [0, 0.05) is 10.2 Å². The van der Waals surface area contributed by atoms with Crippen LogP contribution in [0.15, 0.2) is 95.2 Å². The number of oxazole rings is 1. The van der Waals surface area contributed by atoms with Crippen LogP contribution in [-0.2, 0) is 14.6 Å². The van der Waals surface area contributed by atoms with Crippen molar-refractivity contribution >= 4 is 49.1 Å². The Hall–Kier alpha value is -3.02. The number of sulfone groups is 1. The molecule has 4 rings (SSSR count). The van der Waals surface area contributed by atoms with Crippen LogP contribution in [0.4, 0.5) is 5.69 Å². The summed E-state index contributed by atoms with van der Waals surface area (Å²) < 4.78 is 43.7. The molecule has 1 N–H and O–H groups in total. The first-order valence-corrected chi connectivity index (χ1v) is 13.3. The Morgan fingerprint density at radius 3 is 2.50 bits per heavy atom. The van der Waals surface area contributed by atoms with Gasteiger partial charge in [-0.2, -0.15) is 4.98 Å². The van der Waals surface area contributed by atoms with E-state index in [-0.39, 0.29) is 38.3 Å². The first kappa shape index (κ1) is 24.1. The van der Waals surface area contributed by atoms with Crippen LogP contribution in [0.5, 0.6) is 5.75 Å². The van der Waals surface area contributed by atoms with Gasteiger partial charge in [0.25, 0.3) is 5.89 Å². The summed E-state index contributed by atoms with van der Waals surface area (Å²) in [6, 6.07) is 16.4. The monoisotopic (exact) mass is 562 g/mol. The Bertz CT molecular complexity index is 1370. The highest BCUT2D eigenvalue weighted by Gasteiger charge is 2.29. The maximum atomic E-state index is 13.3. The van der Waals surface area contributed by atoms with E-state index in [0.29, 0.717) is 18.0 Å². The van der Waals surface area contributed by atoms with Crippen LogP contribution in [-0.4, -0.2) is 31.7 Å². The third-order valence-electron chi connectivity index (χ3n) is 4.46. The van der Waals surface area contributed by atoms with Crippen LogP contribution in [0.3, 0.4) is 0 Å². The summed E-state index contributed by atoms with van der Waals surface area (Å²) in [7, 11) is -4.01. The van der Waals surface area contributed by atoms with E-state index in [2.05, 4.69) is 26.2 Å². The zero-order valence-corrected chi connectivity index (χ0v) is 21.1. The van der Waals surface area contributed by atoms with Gasteiger partial charge in [0.15, 0.2) is 5.76 Å². The third kappa shape index (κ3) is 5.54. The number of amides is 1. The van der Waals surface area contributed by atoms with E-state index in [4.69, 9.17) is 13.6 Å². The molecule has 0 bridgehead atoms. The molecule has 2 aromatic carbocycles. The van der Waals surface area contributed by atoms with Crippen molar-refractivity contribution in [2.75, 3.05) is 17.7 Å². The molecule has 0 radical (unpaired) electrons. The molecule has 0 saturated heterocycles. The number of aromatic nitrogens is 1. The van der Waals surface area contributed by atoms with Gasteiger partial charge in [-0.15, -0.1) is 0 Å². The lowest BCUT2D eigenvalue weighted by Gasteiger charge is -2.07. The van der Waals surface area contributed by atoms with E-state index in [1.165, 1.54) is 18.4 Å². The summed E-state index contributed by atoms with van der Waals surface area (Å²) in [5.74, 6) is 0.554. The first-order chi connectivity index (χ1) is 16.4. The molecule has 0 aliphatic rings. The fraction of sp³-hybridized carbons (Fsp3) is 0.130. The molecule has 2 heterocycles. The van der Waals surface area contributed by atoms with Gasteiger partial charge in [0.1, 0.15) is 5.75 Å². The fourth-order valence-electron chi connectivity index (χ4n) is 2.91. The zero-order valence-electron chi connectivity index (χ0n) is 17.9. The minimum absolute atomic E-state index is 0.00355. The van der Waals surface area contributed by atoms with Gasteiger partial charge in [-0.25, -0.2) is 8.42 Å². The average molecular weight is 563 g/mol. The number of anilines is 1. The summed E-state index contributed by atoms with van der Waals surface area (Å²) in [5, 5.41) is 2.48. The average Bonchev–Trinajstić information content (AvgIpc) is 3.50. The van der Waals surface area contributed by atoms with Gasteiger partial charge in [-0.05, 0) is 67.6 Å². The number of nitrogens with one attached hydrogen (secondary N) is 1. The predicted octanol–water partition coefficient (Wildman–Crippen LogP) is 5.66. The molecular formula is C23H19BrN2O6S2. The summed E-state index contributed by atoms with van der Waals surface area (Å²) in [4.78, 5) is 16.7. The summed E-state index contributed by atoms with van der Waals surface area (Å²) in [6.07, 6.45) is 1.43. The number of hydrogen-bond acceptors (Lipinski definition) is 8. The number of rotatable bonds is 9. The van der Waals surface area contributed by atoms with Gasteiger partial charge in [0.2, 0.25) is 25.9 Å². The van der Waals surface area contributed by atoms with Crippen LogP contribution in [0.1, 0.15) is 6.92 Å². The van der Waals surface area contributed by atoms with Crippen LogP contribution >= 0.6 is 27.7 Å². The van der Waals surface area contributed by atoms with Crippen molar-refractivity contribution in [3.05, 3.63) is 71.4 Å². The van der Waals surface area contributed by atoms with Crippen LogP contribution in [0.25, 0.3) is 11.7 Å². The first-order valence-electron chi connectivity index (χ1n) is 10.1. The number of nitrogens with zero attached hydrogens (tertiary/aromatic N) is 1. The van der Waals surface area contributed by atoms with E-state index in [1.807, 2.05) is 6.92 Å². The van der Waals surface area contributed by atoms with Crippen molar-refractivity contribution in [2.45, 2.75) is 21.9 Å². The van der Waals surface area contributed by atoms with Crippen molar-refractivity contribution in [3.8, 4) is 17.4 Å². The molecule has 0 fully saturated rings. The Morgan fingerprint density at radius 2 is 1.85 bits per heavy atom. The lowest BCUT2D eigenvalue weighted by molar-refractivity contribution is -0.113. The molecule has 0 saturated carbocycles. The van der Waals surface area contributed by atoms with E-state index in [9.17, 15) is 13.2 Å². The number of carbonyl (C=O) groups excluding carboxylic acids is 1. The van der Waals surface area contributed by atoms with Gasteiger partial charge in [-0.3, -0.25) is 4.79 Å². The highest BCUT2D eigenvalue weighted by Crippen LogP contribution is 2.35. The Morgan fingerprint density at radius 1 is 1.12 bits per heavy atom. The maximum absolute atomic E-state index is 13.3. The number of thioether (sulfide) groups is 1. The number of carbonyl (C=O) groups is 1. The molecule has 0 aliphatic heterocycles. The predicted molar refractivity (Wildman–Crippen MR) is 131 cm³/mol. The second-order valence-electron chi connectivity index (χ2n) is 6.84. The van der Waals surface area contributed by atoms with Crippen LogP contribution in [0.2, 0.25) is 0 Å². The van der Waals surface area contributed by atoms with Crippen molar-refractivity contribution in [3.63, 3.8) is 0 Å². The van der Waals surface area contributed by atoms with Crippen molar-refractivity contribution in [2.24, 2.45) is 0 Å². The Labute approximate surface area is 208 Å². The van der Waals surface area contributed by atoms with Crippen LogP contribution < -0.4 is 10.1 Å². The molecule has 11 heteroatoms.